The Morgan fingerprint density at radius 1 is 0.886 bits per heavy atom. The molecular formula is C25H19N9O. The molecule has 170 valence electrons. The van der Waals surface area contributed by atoms with E-state index in [0.717, 1.165) is 33.4 Å². The van der Waals surface area contributed by atoms with E-state index in [1.165, 1.54) is 0 Å². The van der Waals surface area contributed by atoms with Crippen LogP contribution in [0.1, 0.15) is 13.3 Å². The molecule has 6 rings (SSSR count). The largest absolute Gasteiger partial charge is 0.336 e. The zero-order valence-corrected chi connectivity index (χ0v) is 18.6. The summed E-state index contributed by atoms with van der Waals surface area (Å²) in [4.78, 5) is 37.7. The molecule has 0 aliphatic rings. The van der Waals surface area contributed by atoms with Crippen molar-refractivity contribution in [1.29, 1.82) is 0 Å². The van der Waals surface area contributed by atoms with E-state index in [1.807, 2.05) is 36.4 Å². The van der Waals surface area contributed by atoms with Crippen molar-refractivity contribution in [2.24, 2.45) is 0 Å². The Morgan fingerprint density at radius 3 is 2.60 bits per heavy atom. The summed E-state index contributed by atoms with van der Waals surface area (Å²) in [5.74, 6) is 0.510. The van der Waals surface area contributed by atoms with Gasteiger partial charge in [-0.3, -0.25) is 24.8 Å². The van der Waals surface area contributed by atoms with Crippen molar-refractivity contribution in [3.8, 4) is 34.0 Å². The second kappa shape index (κ2) is 8.41. The summed E-state index contributed by atoms with van der Waals surface area (Å²) in [6.07, 6.45) is 8.92. The van der Waals surface area contributed by atoms with E-state index >= 15 is 0 Å². The molecule has 6 aromatic heterocycles. The normalized spacial score (nSPS) is 11.2. The first-order valence-corrected chi connectivity index (χ1v) is 11.1. The van der Waals surface area contributed by atoms with Gasteiger partial charge in [0.05, 0.1) is 34.3 Å². The molecule has 0 radical (unpaired) electrons. The fourth-order valence-corrected chi connectivity index (χ4v) is 3.89. The minimum atomic E-state index is -0.0741. The lowest BCUT2D eigenvalue weighted by Gasteiger charge is -2.06. The molecule has 0 aliphatic heterocycles. The lowest BCUT2D eigenvalue weighted by atomic mass is 10.1. The molecule has 0 bridgehead atoms. The van der Waals surface area contributed by atoms with Crippen molar-refractivity contribution in [1.82, 2.24) is 40.1 Å². The van der Waals surface area contributed by atoms with Gasteiger partial charge in [-0.05, 0) is 36.4 Å². The average Bonchev–Trinajstić information content (AvgIpc) is 3.53. The monoisotopic (exact) mass is 461 g/mol. The molecule has 0 saturated carbocycles. The molecule has 0 atom stereocenters. The van der Waals surface area contributed by atoms with Crippen LogP contribution in [0.25, 0.3) is 56.1 Å². The van der Waals surface area contributed by atoms with Gasteiger partial charge in [0, 0.05) is 42.3 Å². The average molecular weight is 461 g/mol. The van der Waals surface area contributed by atoms with Crippen LogP contribution in [0.4, 0.5) is 5.69 Å². The van der Waals surface area contributed by atoms with Gasteiger partial charge in [-0.1, -0.05) is 6.92 Å². The number of amides is 1. The van der Waals surface area contributed by atoms with E-state index in [2.05, 4.69) is 35.5 Å². The van der Waals surface area contributed by atoms with Crippen molar-refractivity contribution in [2.75, 3.05) is 5.32 Å². The quantitative estimate of drug-likeness (QED) is 0.346. The van der Waals surface area contributed by atoms with Crippen molar-refractivity contribution < 1.29 is 4.79 Å². The van der Waals surface area contributed by atoms with E-state index in [1.54, 1.807) is 37.9 Å². The highest BCUT2D eigenvalue weighted by molar-refractivity contribution is 5.95. The lowest BCUT2D eigenvalue weighted by molar-refractivity contribution is -0.115. The molecule has 10 heteroatoms. The fraction of sp³-hybridized carbons (Fsp3) is 0.0800. The Kier molecular flexibility index (Phi) is 4.95. The van der Waals surface area contributed by atoms with E-state index in [9.17, 15) is 4.79 Å². The number of anilines is 1. The van der Waals surface area contributed by atoms with Gasteiger partial charge in [0.15, 0.2) is 11.5 Å². The van der Waals surface area contributed by atoms with Crippen molar-refractivity contribution in [3.05, 3.63) is 67.4 Å². The second-order valence-electron chi connectivity index (χ2n) is 7.91. The summed E-state index contributed by atoms with van der Waals surface area (Å²) in [5.41, 5.74) is 7.43. The number of aromatic nitrogens is 8. The first-order chi connectivity index (χ1) is 17.2. The maximum absolute atomic E-state index is 11.8. The van der Waals surface area contributed by atoms with Crippen LogP contribution in [0.2, 0.25) is 0 Å². The molecule has 6 heterocycles. The van der Waals surface area contributed by atoms with Crippen LogP contribution in [-0.2, 0) is 4.79 Å². The minimum Gasteiger partial charge on any atom is -0.336 e. The second-order valence-corrected chi connectivity index (χ2v) is 7.91. The summed E-state index contributed by atoms with van der Waals surface area (Å²) < 4.78 is 0. The van der Waals surface area contributed by atoms with Crippen LogP contribution in [0.5, 0.6) is 0 Å². The number of hydrogen-bond acceptors (Lipinski definition) is 7. The van der Waals surface area contributed by atoms with Gasteiger partial charge in [0.2, 0.25) is 5.91 Å². The van der Waals surface area contributed by atoms with Crippen molar-refractivity contribution in [2.45, 2.75) is 13.3 Å². The Balaban J connectivity index is 1.43. The van der Waals surface area contributed by atoms with Crippen LogP contribution < -0.4 is 5.32 Å². The fourth-order valence-electron chi connectivity index (χ4n) is 3.89. The van der Waals surface area contributed by atoms with E-state index in [-0.39, 0.29) is 5.91 Å². The number of carbonyl (C=O) groups excluding carboxylic acids is 1. The number of fused-ring (bicyclic) bond motifs is 2. The lowest BCUT2D eigenvalue weighted by Crippen LogP contribution is -2.09. The van der Waals surface area contributed by atoms with Crippen LogP contribution >= 0.6 is 0 Å². The Bertz CT molecular complexity index is 1690. The van der Waals surface area contributed by atoms with Crippen LogP contribution in [0.15, 0.2) is 67.4 Å². The third-order valence-electron chi connectivity index (χ3n) is 5.63. The molecule has 0 aliphatic carbocycles. The first-order valence-electron chi connectivity index (χ1n) is 11.1. The molecule has 0 spiro atoms. The maximum atomic E-state index is 11.8. The zero-order chi connectivity index (χ0) is 23.8. The highest BCUT2D eigenvalue weighted by atomic mass is 16.1. The number of carbonyl (C=O) groups is 1. The smallest absolute Gasteiger partial charge is 0.224 e. The van der Waals surface area contributed by atoms with E-state index in [0.29, 0.717) is 34.8 Å². The number of aromatic amines is 2. The molecule has 35 heavy (non-hydrogen) atoms. The third kappa shape index (κ3) is 3.76. The first kappa shape index (κ1) is 20.6. The predicted octanol–water partition coefficient (Wildman–Crippen LogP) is 4.37. The molecule has 0 saturated heterocycles. The molecule has 0 unspecified atom stereocenters. The maximum Gasteiger partial charge on any atom is 0.224 e. The van der Waals surface area contributed by atoms with Crippen LogP contribution in [-0.4, -0.2) is 46.0 Å². The topological polar surface area (TPSA) is 138 Å². The SMILES string of the molecule is CCC(=O)Nc1cncc(-c2ccc3[nH]nc(-c4nc5c(-c6ccncc6)nccc5[nH]4)c3n2)c1. The predicted molar refractivity (Wildman–Crippen MR) is 132 cm³/mol. The van der Waals surface area contributed by atoms with Crippen LogP contribution in [0.3, 0.4) is 0 Å². The van der Waals surface area contributed by atoms with Gasteiger partial charge in [0.25, 0.3) is 0 Å². The Hall–Kier alpha value is -4.99. The molecule has 10 nitrogen and oxygen atoms in total. The van der Waals surface area contributed by atoms with Gasteiger partial charge in [-0.2, -0.15) is 5.10 Å². The van der Waals surface area contributed by atoms with Crippen molar-refractivity contribution in [3.63, 3.8) is 0 Å². The summed E-state index contributed by atoms with van der Waals surface area (Å²) in [5, 5.41) is 10.3. The highest BCUT2D eigenvalue weighted by Gasteiger charge is 2.17. The molecule has 0 fully saturated rings. The Labute approximate surface area is 198 Å². The number of pyridine rings is 4. The summed E-state index contributed by atoms with van der Waals surface area (Å²) in [6, 6.07) is 11.3. The highest BCUT2D eigenvalue weighted by Crippen LogP contribution is 2.30. The molecule has 1 amide bonds. The third-order valence-corrected chi connectivity index (χ3v) is 5.63. The molecule has 0 aromatic carbocycles. The van der Waals surface area contributed by atoms with Gasteiger partial charge in [0.1, 0.15) is 11.0 Å². The Morgan fingerprint density at radius 2 is 1.74 bits per heavy atom. The van der Waals surface area contributed by atoms with Gasteiger partial charge >= 0.3 is 0 Å². The van der Waals surface area contributed by atoms with Gasteiger partial charge in [-0.25, -0.2) is 9.97 Å². The van der Waals surface area contributed by atoms with Gasteiger partial charge < -0.3 is 10.3 Å². The summed E-state index contributed by atoms with van der Waals surface area (Å²) in [7, 11) is 0. The summed E-state index contributed by atoms with van der Waals surface area (Å²) >= 11 is 0. The number of H-pyrrole nitrogens is 2. The number of nitrogens with one attached hydrogen (secondary N) is 3. The number of imidazole rings is 1. The number of hydrogen-bond donors (Lipinski definition) is 3. The van der Waals surface area contributed by atoms with Gasteiger partial charge in [-0.15, -0.1) is 0 Å². The number of nitrogens with zero attached hydrogens (tertiary/aromatic N) is 6. The minimum absolute atomic E-state index is 0.0741. The molecule has 3 N–H and O–H groups in total. The zero-order valence-electron chi connectivity index (χ0n) is 18.6. The van der Waals surface area contributed by atoms with Crippen LogP contribution in [0, 0.1) is 0 Å². The molecule has 6 aromatic rings. The summed E-state index contributed by atoms with van der Waals surface area (Å²) in [6.45, 7) is 1.80. The molecular weight excluding hydrogens is 442 g/mol. The van der Waals surface area contributed by atoms with E-state index < -0.39 is 0 Å². The number of rotatable bonds is 5. The van der Waals surface area contributed by atoms with E-state index in [4.69, 9.17) is 9.97 Å². The van der Waals surface area contributed by atoms with Crippen molar-refractivity contribution >= 4 is 33.7 Å². The standard InChI is InChI=1S/C25H19N9O/c1-2-20(35)29-16-11-15(12-27-13-16)17-3-4-19-23(30-17)24(34-33-19)25-31-18-7-10-28-21(22(18)32-25)14-5-8-26-9-6-14/h3-13H,2H2,1H3,(H,29,35)(H,31,32)(H,33,34).